The molecule has 0 aromatic heterocycles. The van der Waals surface area contributed by atoms with Crippen LogP contribution in [0.2, 0.25) is 0 Å². The number of hydrogen-bond donors (Lipinski definition) is 1. The first-order valence-electron chi connectivity index (χ1n) is 5.64. The molecule has 0 aliphatic carbocycles. The van der Waals surface area contributed by atoms with Gasteiger partial charge in [-0.2, -0.15) is 13.2 Å². The molecule has 5 nitrogen and oxygen atoms in total. The zero-order chi connectivity index (χ0) is 15.4. The van der Waals surface area contributed by atoms with Gasteiger partial charge in [-0.3, -0.25) is 4.79 Å². The number of alkyl halides is 3. The number of sulfone groups is 1. The van der Waals surface area contributed by atoms with Crippen molar-refractivity contribution >= 4 is 15.7 Å². The zero-order valence-corrected chi connectivity index (χ0v) is 11.9. The monoisotopic (exact) mass is 304 g/mol. The Morgan fingerprint density at radius 1 is 1.32 bits per heavy atom. The average Bonchev–Trinajstić information content (AvgIpc) is 2.18. The van der Waals surface area contributed by atoms with Crippen LogP contribution in [0.25, 0.3) is 0 Å². The Morgan fingerprint density at radius 3 is 2.11 bits per heavy atom. The lowest BCUT2D eigenvalue weighted by Gasteiger charge is -2.30. The van der Waals surface area contributed by atoms with E-state index in [-0.39, 0.29) is 12.2 Å². The Bertz CT molecular complexity index is 407. The Labute approximate surface area is 110 Å². The van der Waals surface area contributed by atoms with E-state index in [2.05, 4.69) is 0 Å². The van der Waals surface area contributed by atoms with Crippen LogP contribution in [0.1, 0.15) is 20.3 Å². The van der Waals surface area contributed by atoms with Crippen LogP contribution in [-0.2, 0) is 14.6 Å². The Balaban J connectivity index is 4.72. The number of carbonyl (C=O) groups is 1. The molecule has 0 aromatic rings. The van der Waals surface area contributed by atoms with Gasteiger partial charge in [0.2, 0.25) is 5.91 Å². The molecule has 1 unspecified atom stereocenters. The molecular weight excluding hydrogens is 285 g/mol. The van der Waals surface area contributed by atoms with Gasteiger partial charge in [-0.05, 0) is 20.3 Å². The second-order valence-electron chi connectivity index (χ2n) is 4.70. The Morgan fingerprint density at radius 2 is 1.79 bits per heavy atom. The SMILES string of the molecule is CC(C)N(CC(F)(F)F)C(=O)C(N)CCS(C)(=O)=O. The van der Waals surface area contributed by atoms with E-state index in [1.807, 2.05) is 0 Å². The maximum absolute atomic E-state index is 12.3. The first kappa shape index (κ1) is 18.2. The quantitative estimate of drug-likeness (QED) is 0.777. The van der Waals surface area contributed by atoms with Gasteiger partial charge in [0.05, 0.1) is 11.8 Å². The second kappa shape index (κ2) is 6.56. The van der Waals surface area contributed by atoms with Crippen molar-refractivity contribution in [3.05, 3.63) is 0 Å². The normalized spacial score (nSPS) is 14.5. The van der Waals surface area contributed by atoms with E-state index >= 15 is 0 Å². The fraction of sp³-hybridized carbons (Fsp3) is 0.900. The van der Waals surface area contributed by atoms with Gasteiger partial charge in [0.25, 0.3) is 0 Å². The van der Waals surface area contributed by atoms with E-state index in [1.54, 1.807) is 0 Å². The van der Waals surface area contributed by atoms with E-state index in [0.717, 1.165) is 6.26 Å². The highest BCUT2D eigenvalue weighted by atomic mass is 32.2. The van der Waals surface area contributed by atoms with Crippen molar-refractivity contribution in [1.29, 1.82) is 0 Å². The minimum absolute atomic E-state index is 0.196. The molecule has 19 heavy (non-hydrogen) atoms. The van der Waals surface area contributed by atoms with Crippen LogP contribution in [0.15, 0.2) is 0 Å². The zero-order valence-electron chi connectivity index (χ0n) is 11.1. The number of carbonyl (C=O) groups excluding carboxylic acids is 1. The fourth-order valence-corrected chi connectivity index (χ4v) is 2.07. The number of hydrogen-bond acceptors (Lipinski definition) is 4. The summed E-state index contributed by atoms with van der Waals surface area (Å²) in [5, 5.41) is 0. The predicted octanol–water partition coefficient (Wildman–Crippen LogP) is 0.548. The van der Waals surface area contributed by atoms with Crippen LogP contribution in [-0.4, -0.2) is 56.0 Å². The lowest BCUT2D eigenvalue weighted by atomic mass is 10.2. The molecule has 0 aliphatic heterocycles. The molecule has 114 valence electrons. The topological polar surface area (TPSA) is 80.5 Å². The van der Waals surface area contributed by atoms with Crippen LogP contribution in [0.4, 0.5) is 13.2 Å². The van der Waals surface area contributed by atoms with Crippen LogP contribution >= 0.6 is 0 Å². The van der Waals surface area contributed by atoms with Crippen LogP contribution < -0.4 is 5.73 Å². The Hall–Kier alpha value is -0.830. The summed E-state index contributed by atoms with van der Waals surface area (Å²) >= 11 is 0. The van der Waals surface area contributed by atoms with Crippen LogP contribution in [0.5, 0.6) is 0 Å². The van der Waals surface area contributed by atoms with Gasteiger partial charge < -0.3 is 10.6 Å². The van der Waals surface area contributed by atoms with Crippen LogP contribution in [0, 0.1) is 0 Å². The molecule has 1 atom stereocenters. The summed E-state index contributed by atoms with van der Waals surface area (Å²) in [5.41, 5.74) is 5.46. The third-order valence-corrected chi connectivity index (χ3v) is 3.35. The maximum Gasteiger partial charge on any atom is 0.406 e. The smallest absolute Gasteiger partial charge is 0.330 e. The average molecular weight is 304 g/mol. The van der Waals surface area contributed by atoms with Gasteiger partial charge in [0, 0.05) is 12.3 Å². The standard InChI is InChI=1S/C10H19F3N2O3S/c1-7(2)15(6-10(11,12)13)9(16)8(14)4-5-19(3,17)18/h7-8H,4-6,14H2,1-3H3. The molecule has 0 heterocycles. The summed E-state index contributed by atoms with van der Waals surface area (Å²) in [6, 6.07) is -1.92. The predicted molar refractivity (Wildman–Crippen MR) is 65.2 cm³/mol. The number of halogens is 3. The van der Waals surface area contributed by atoms with Crippen molar-refractivity contribution in [2.75, 3.05) is 18.6 Å². The molecule has 0 aromatic carbocycles. The van der Waals surface area contributed by atoms with Gasteiger partial charge in [0.1, 0.15) is 16.4 Å². The van der Waals surface area contributed by atoms with Gasteiger partial charge in [0.15, 0.2) is 0 Å². The third kappa shape index (κ3) is 8.04. The van der Waals surface area contributed by atoms with E-state index in [9.17, 15) is 26.4 Å². The van der Waals surface area contributed by atoms with Gasteiger partial charge >= 0.3 is 6.18 Å². The highest BCUT2D eigenvalue weighted by Crippen LogP contribution is 2.19. The second-order valence-corrected chi connectivity index (χ2v) is 6.96. The molecule has 2 N–H and O–H groups in total. The van der Waals surface area contributed by atoms with Crippen molar-refractivity contribution < 1.29 is 26.4 Å². The van der Waals surface area contributed by atoms with E-state index < -0.39 is 40.5 Å². The van der Waals surface area contributed by atoms with E-state index in [0.29, 0.717) is 4.90 Å². The molecule has 9 heteroatoms. The lowest BCUT2D eigenvalue weighted by molar-refractivity contribution is -0.165. The summed E-state index contributed by atoms with van der Waals surface area (Å²) in [5.74, 6) is -1.23. The molecule has 0 fully saturated rings. The molecule has 0 saturated carbocycles. The third-order valence-electron chi connectivity index (χ3n) is 2.37. The highest BCUT2D eigenvalue weighted by Gasteiger charge is 2.35. The minimum atomic E-state index is -4.52. The molecule has 0 aliphatic rings. The van der Waals surface area contributed by atoms with Crippen molar-refractivity contribution in [3.63, 3.8) is 0 Å². The summed E-state index contributed by atoms with van der Waals surface area (Å²) in [6.07, 6.45) is -3.74. The molecular formula is C10H19F3N2O3S. The first-order chi connectivity index (χ1) is 8.33. The first-order valence-corrected chi connectivity index (χ1v) is 7.70. The number of amides is 1. The summed E-state index contributed by atoms with van der Waals surface area (Å²) in [7, 11) is -3.31. The highest BCUT2D eigenvalue weighted by molar-refractivity contribution is 7.90. The molecule has 0 saturated heterocycles. The number of nitrogens with zero attached hydrogens (tertiary/aromatic N) is 1. The van der Waals surface area contributed by atoms with Gasteiger partial charge in [-0.15, -0.1) is 0 Å². The van der Waals surface area contributed by atoms with E-state index in [4.69, 9.17) is 5.73 Å². The van der Waals surface area contributed by atoms with E-state index in [1.165, 1.54) is 13.8 Å². The van der Waals surface area contributed by atoms with Crippen molar-refractivity contribution in [3.8, 4) is 0 Å². The summed E-state index contributed by atoms with van der Waals surface area (Å²) in [6.45, 7) is 1.48. The molecule has 0 spiro atoms. The van der Waals surface area contributed by atoms with Crippen molar-refractivity contribution in [1.82, 2.24) is 4.90 Å². The van der Waals surface area contributed by atoms with Crippen molar-refractivity contribution in [2.24, 2.45) is 5.73 Å². The number of rotatable bonds is 6. The molecule has 0 rings (SSSR count). The number of nitrogens with two attached hydrogens (primary N) is 1. The van der Waals surface area contributed by atoms with Gasteiger partial charge in [-0.25, -0.2) is 8.42 Å². The van der Waals surface area contributed by atoms with Crippen LogP contribution in [0.3, 0.4) is 0 Å². The molecule has 0 bridgehead atoms. The summed E-state index contributed by atoms with van der Waals surface area (Å²) in [4.78, 5) is 12.4. The fourth-order valence-electron chi connectivity index (χ4n) is 1.39. The lowest BCUT2D eigenvalue weighted by Crippen LogP contribution is -2.50. The largest absolute Gasteiger partial charge is 0.406 e. The Kier molecular flexibility index (Phi) is 6.27. The minimum Gasteiger partial charge on any atom is -0.330 e. The maximum atomic E-state index is 12.3. The molecule has 0 radical (unpaired) electrons. The van der Waals surface area contributed by atoms with Crippen molar-refractivity contribution in [2.45, 2.75) is 38.5 Å². The summed E-state index contributed by atoms with van der Waals surface area (Å²) < 4.78 is 58.9. The molecule has 1 amide bonds. The van der Waals surface area contributed by atoms with Gasteiger partial charge in [-0.1, -0.05) is 0 Å².